The summed E-state index contributed by atoms with van der Waals surface area (Å²) in [6.07, 6.45) is 1.76. The molecule has 1 aromatic heterocycles. The molecule has 0 radical (unpaired) electrons. The van der Waals surface area contributed by atoms with Crippen molar-refractivity contribution >= 4 is 39.1 Å². The van der Waals surface area contributed by atoms with Crippen LogP contribution in [0.3, 0.4) is 0 Å². The molecule has 7 nitrogen and oxygen atoms in total. The maximum absolute atomic E-state index is 13.1. The third-order valence-electron chi connectivity index (χ3n) is 5.19. The summed E-state index contributed by atoms with van der Waals surface area (Å²) in [5.41, 5.74) is 3.39. The molecule has 1 atom stereocenters. The molecular weight excluding hydrogens is 480 g/mol. The molecule has 0 saturated carbocycles. The van der Waals surface area contributed by atoms with E-state index in [0.717, 1.165) is 39.4 Å². The van der Waals surface area contributed by atoms with Crippen LogP contribution in [0.15, 0.2) is 50.5 Å². The van der Waals surface area contributed by atoms with E-state index in [4.69, 9.17) is 14.5 Å². The molecule has 3 heterocycles. The first-order chi connectivity index (χ1) is 15.1. The van der Waals surface area contributed by atoms with Crippen molar-refractivity contribution in [1.29, 1.82) is 0 Å². The normalized spacial score (nSPS) is 19.7. The van der Waals surface area contributed by atoms with E-state index in [1.54, 1.807) is 6.20 Å². The van der Waals surface area contributed by atoms with Crippen LogP contribution in [0.25, 0.3) is 0 Å². The predicted molar refractivity (Wildman–Crippen MR) is 124 cm³/mol. The standard InChI is InChI=1S/C22H25BrN4O3S/c1-3-30-22(28)18-17(13-27-7-9-29-10-8-27)25-20(21-24-6-11-31-21)26-19(18)15-5-4-14(2)12-16(15)23/h4-6,11-12,19H,3,7-10,13H2,1-2H3,(H,25,26)/t19-/m0/s1. The zero-order valence-electron chi connectivity index (χ0n) is 17.6. The second kappa shape index (κ2) is 10.0. The van der Waals surface area contributed by atoms with Gasteiger partial charge in [0.25, 0.3) is 0 Å². The first kappa shape index (κ1) is 22.1. The highest BCUT2D eigenvalue weighted by Gasteiger charge is 2.34. The molecule has 9 heteroatoms. The first-order valence-electron chi connectivity index (χ1n) is 10.3. The van der Waals surface area contributed by atoms with E-state index in [1.165, 1.54) is 11.3 Å². The van der Waals surface area contributed by atoms with Crippen LogP contribution in [0.5, 0.6) is 0 Å². The van der Waals surface area contributed by atoms with Crippen molar-refractivity contribution in [3.05, 3.63) is 61.7 Å². The van der Waals surface area contributed by atoms with Crippen LogP contribution in [-0.4, -0.2) is 61.1 Å². The maximum Gasteiger partial charge on any atom is 0.338 e. The van der Waals surface area contributed by atoms with E-state index in [9.17, 15) is 4.79 Å². The van der Waals surface area contributed by atoms with Crippen LogP contribution in [0.1, 0.15) is 29.1 Å². The Morgan fingerprint density at radius 1 is 1.39 bits per heavy atom. The maximum atomic E-state index is 13.1. The summed E-state index contributed by atoms with van der Waals surface area (Å²) in [6.45, 7) is 7.73. The number of hydrogen-bond donors (Lipinski definition) is 1. The molecule has 0 spiro atoms. The highest BCUT2D eigenvalue weighted by molar-refractivity contribution is 9.10. The number of amidine groups is 1. The van der Waals surface area contributed by atoms with Gasteiger partial charge in [-0.15, -0.1) is 11.3 Å². The van der Waals surface area contributed by atoms with E-state index in [-0.39, 0.29) is 5.97 Å². The van der Waals surface area contributed by atoms with Gasteiger partial charge < -0.3 is 14.8 Å². The molecule has 0 unspecified atom stereocenters. The lowest BCUT2D eigenvalue weighted by Crippen LogP contribution is -2.43. The highest BCUT2D eigenvalue weighted by atomic mass is 79.9. The second-order valence-electron chi connectivity index (χ2n) is 7.37. The number of halogens is 1. The number of carbonyl (C=O) groups excluding carboxylic acids is 1. The Morgan fingerprint density at radius 3 is 2.87 bits per heavy atom. The molecule has 2 aliphatic heterocycles. The summed E-state index contributed by atoms with van der Waals surface area (Å²) < 4.78 is 11.9. The molecule has 4 rings (SSSR count). The highest BCUT2D eigenvalue weighted by Crippen LogP contribution is 2.37. The van der Waals surface area contributed by atoms with Crippen LogP contribution >= 0.6 is 27.3 Å². The van der Waals surface area contributed by atoms with Gasteiger partial charge in [0, 0.05) is 41.4 Å². The zero-order chi connectivity index (χ0) is 21.8. The van der Waals surface area contributed by atoms with Crippen molar-refractivity contribution < 1.29 is 14.3 Å². The van der Waals surface area contributed by atoms with Gasteiger partial charge in [-0.2, -0.15) is 0 Å². The molecule has 2 aromatic rings. The minimum Gasteiger partial charge on any atom is -0.463 e. The smallest absolute Gasteiger partial charge is 0.338 e. The van der Waals surface area contributed by atoms with Crippen LogP contribution < -0.4 is 5.32 Å². The van der Waals surface area contributed by atoms with Gasteiger partial charge in [-0.3, -0.25) is 9.89 Å². The number of nitrogens with one attached hydrogen (secondary N) is 1. The number of aryl methyl sites for hydroxylation is 1. The molecular formula is C22H25BrN4O3S. The van der Waals surface area contributed by atoms with Gasteiger partial charge in [-0.25, -0.2) is 9.78 Å². The minimum absolute atomic E-state index is 0.304. The SMILES string of the molecule is CCOC(=O)C1=C(CN2CCOCC2)NC(c2nccs2)=N[C@H]1c1ccc(C)cc1Br. The number of carbonyl (C=O) groups is 1. The molecule has 0 aliphatic carbocycles. The fraction of sp³-hybridized carbons (Fsp3) is 0.409. The predicted octanol–water partition coefficient (Wildman–Crippen LogP) is 3.45. The van der Waals surface area contributed by atoms with Crippen LogP contribution in [0, 0.1) is 6.92 Å². The van der Waals surface area contributed by atoms with Gasteiger partial charge in [0.15, 0.2) is 10.8 Å². The Balaban J connectivity index is 1.81. The molecule has 1 aromatic carbocycles. The van der Waals surface area contributed by atoms with Crippen molar-refractivity contribution in [2.45, 2.75) is 19.9 Å². The number of esters is 1. The monoisotopic (exact) mass is 504 g/mol. The third kappa shape index (κ3) is 5.06. The Kier molecular flexibility index (Phi) is 7.16. The molecule has 31 heavy (non-hydrogen) atoms. The van der Waals surface area contributed by atoms with Gasteiger partial charge in [0.1, 0.15) is 6.04 Å². The number of aliphatic imine (C=N–C) groups is 1. The largest absolute Gasteiger partial charge is 0.463 e. The zero-order valence-corrected chi connectivity index (χ0v) is 20.0. The Labute approximate surface area is 194 Å². The van der Waals surface area contributed by atoms with Gasteiger partial charge in [-0.1, -0.05) is 28.1 Å². The van der Waals surface area contributed by atoms with Crippen molar-refractivity contribution in [1.82, 2.24) is 15.2 Å². The number of thiazole rings is 1. The van der Waals surface area contributed by atoms with E-state index < -0.39 is 6.04 Å². The quantitative estimate of drug-likeness (QED) is 0.607. The Hall–Kier alpha value is -2.07. The van der Waals surface area contributed by atoms with Crippen LogP contribution in [-0.2, 0) is 14.3 Å². The molecule has 1 fully saturated rings. The topological polar surface area (TPSA) is 76.0 Å². The lowest BCUT2D eigenvalue weighted by molar-refractivity contribution is -0.139. The van der Waals surface area contributed by atoms with Crippen molar-refractivity contribution in [3.8, 4) is 0 Å². The summed E-state index contributed by atoms with van der Waals surface area (Å²) >= 11 is 5.19. The number of ether oxygens (including phenoxy) is 2. The number of rotatable bonds is 6. The van der Waals surface area contributed by atoms with Crippen molar-refractivity contribution in [2.24, 2.45) is 4.99 Å². The fourth-order valence-electron chi connectivity index (χ4n) is 3.68. The summed E-state index contributed by atoms with van der Waals surface area (Å²) in [5.74, 6) is 0.321. The lowest BCUT2D eigenvalue weighted by Gasteiger charge is -2.32. The number of hydrogen-bond acceptors (Lipinski definition) is 8. The molecule has 0 bridgehead atoms. The Morgan fingerprint density at radius 2 is 2.19 bits per heavy atom. The second-order valence-corrected chi connectivity index (χ2v) is 9.12. The lowest BCUT2D eigenvalue weighted by atomic mass is 9.94. The van der Waals surface area contributed by atoms with Crippen molar-refractivity contribution in [2.75, 3.05) is 39.5 Å². The number of aromatic nitrogens is 1. The molecule has 0 amide bonds. The summed E-state index contributed by atoms with van der Waals surface area (Å²) in [5, 5.41) is 6.11. The number of nitrogens with zero attached hydrogens (tertiary/aromatic N) is 3. The van der Waals surface area contributed by atoms with Crippen LogP contribution in [0.4, 0.5) is 0 Å². The summed E-state index contributed by atoms with van der Waals surface area (Å²) in [4.78, 5) is 24.8. The van der Waals surface area contributed by atoms with Gasteiger partial charge in [0.2, 0.25) is 0 Å². The molecule has 1 N–H and O–H groups in total. The molecule has 164 valence electrons. The molecule has 1 saturated heterocycles. The summed E-state index contributed by atoms with van der Waals surface area (Å²) in [6, 6.07) is 5.60. The van der Waals surface area contributed by atoms with Gasteiger partial charge >= 0.3 is 5.97 Å². The van der Waals surface area contributed by atoms with Gasteiger partial charge in [0.05, 0.1) is 25.4 Å². The first-order valence-corrected chi connectivity index (χ1v) is 11.9. The number of benzene rings is 1. The average Bonchev–Trinajstić information content (AvgIpc) is 3.29. The van der Waals surface area contributed by atoms with E-state index in [0.29, 0.717) is 37.8 Å². The van der Waals surface area contributed by atoms with E-state index in [2.05, 4.69) is 31.1 Å². The third-order valence-corrected chi connectivity index (χ3v) is 6.66. The van der Waals surface area contributed by atoms with E-state index in [1.807, 2.05) is 37.4 Å². The average molecular weight is 505 g/mol. The number of morpholine rings is 1. The minimum atomic E-state index is -0.495. The summed E-state index contributed by atoms with van der Waals surface area (Å²) in [7, 11) is 0. The molecule has 2 aliphatic rings. The fourth-order valence-corrected chi connectivity index (χ4v) is 4.98. The van der Waals surface area contributed by atoms with Crippen LogP contribution in [0.2, 0.25) is 0 Å². The Bertz CT molecular complexity index is 1000. The van der Waals surface area contributed by atoms with E-state index >= 15 is 0 Å². The van der Waals surface area contributed by atoms with Gasteiger partial charge in [-0.05, 0) is 31.0 Å². The van der Waals surface area contributed by atoms with Crippen molar-refractivity contribution in [3.63, 3.8) is 0 Å².